The summed E-state index contributed by atoms with van der Waals surface area (Å²) in [5, 5.41) is 10.4. The minimum atomic E-state index is -1.26. The molecule has 5 atom stereocenters. The Morgan fingerprint density at radius 1 is 0.800 bits per heavy atom. The van der Waals surface area contributed by atoms with Crippen LogP contribution in [-0.2, 0) is 46.5 Å². The van der Waals surface area contributed by atoms with Crippen molar-refractivity contribution < 1.29 is 43.0 Å². The highest BCUT2D eigenvalue weighted by molar-refractivity contribution is 6.38. The van der Waals surface area contributed by atoms with Gasteiger partial charge in [-0.05, 0) is 55.1 Å². The zero-order chi connectivity index (χ0) is 40.8. The molecular formula is C41H57N5O9. The van der Waals surface area contributed by atoms with Crippen LogP contribution >= 0.6 is 0 Å². The third-order valence-electron chi connectivity index (χ3n) is 8.94. The van der Waals surface area contributed by atoms with Gasteiger partial charge in [0.2, 0.25) is 17.6 Å². The van der Waals surface area contributed by atoms with Gasteiger partial charge in [0, 0.05) is 18.9 Å². The lowest BCUT2D eigenvalue weighted by molar-refractivity contribution is -0.142. The molecule has 0 heterocycles. The molecule has 0 saturated heterocycles. The maximum atomic E-state index is 13.9. The number of benzene rings is 2. The maximum Gasteiger partial charge on any atom is 0.408 e. The summed E-state index contributed by atoms with van der Waals surface area (Å²) in [6.07, 6.45) is 1.56. The number of ether oxygens (including phenoxy) is 2. The lowest BCUT2D eigenvalue weighted by Gasteiger charge is -2.27. The Bertz CT molecular complexity index is 1570. The fourth-order valence-electron chi connectivity index (χ4n) is 5.72. The van der Waals surface area contributed by atoms with Gasteiger partial charge >= 0.3 is 12.2 Å². The normalized spacial score (nSPS) is 13.5. The van der Waals surface area contributed by atoms with Crippen LogP contribution in [0, 0.1) is 17.8 Å². The van der Waals surface area contributed by atoms with Crippen LogP contribution in [0.15, 0.2) is 73.3 Å². The van der Waals surface area contributed by atoms with Crippen molar-refractivity contribution in [1.82, 2.24) is 21.3 Å². The second kappa shape index (κ2) is 24.7. The Balaban J connectivity index is 2.15. The number of ketones is 2. The molecule has 14 nitrogen and oxygen atoms in total. The number of nitrogens with one attached hydrogen (secondary N) is 4. The van der Waals surface area contributed by atoms with Crippen LogP contribution in [0.1, 0.15) is 77.3 Å². The van der Waals surface area contributed by atoms with Crippen LogP contribution < -0.4 is 27.0 Å². The van der Waals surface area contributed by atoms with Crippen molar-refractivity contribution in [1.29, 1.82) is 0 Å². The fourth-order valence-corrected chi connectivity index (χ4v) is 5.72. The van der Waals surface area contributed by atoms with E-state index in [4.69, 9.17) is 15.2 Å². The second-order valence-corrected chi connectivity index (χ2v) is 13.9. The van der Waals surface area contributed by atoms with E-state index in [0.29, 0.717) is 19.3 Å². The van der Waals surface area contributed by atoms with Crippen molar-refractivity contribution in [2.24, 2.45) is 23.5 Å². The topological polar surface area (TPSA) is 212 Å². The van der Waals surface area contributed by atoms with Gasteiger partial charge in [-0.3, -0.25) is 24.0 Å². The average Bonchev–Trinajstić information content (AvgIpc) is 3.16. The summed E-state index contributed by atoms with van der Waals surface area (Å²) in [7, 11) is 0. The van der Waals surface area contributed by atoms with E-state index in [0.717, 1.165) is 11.1 Å². The van der Waals surface area contributed by atoms with Crippen LogP contribution in [0.4, 0.5) is 9.59 Å². The van der Waals surface area contributed by atoms with Crippen LogP contribution in [0.5, 0.6) is 0 Å². The average molecular weight is 764 g/mol. The number of amides is 5. The van der Waals surface area contributed by atoms with Crippen molar-refractivity contribution in [2.75, 3.05) is 13.2 Å². The Labute approximate surface area is 323 Å². The van der Waals surface area contributed by atoms with E-state index >= 15 is 0 Å². The molecule has 0 aliphatic rings. The van der Waals surface area contributed by atoms with Crippen molar-refractivity contribution in [3.63, 3.8) is 0 Å². The Kier molecular flexibility index (Phi) is 20.5. The predicted molar refractivity (Wildman–Crippen MR) is 207 cm³/mol. The monoisotopic (exact) mass is 763 g/mol. The summed E-state index contributed by atoms with van der Waals surface area (Å²) in [6.45, 7) is 11.1. The molecule has 0 spiro atoms. The van der Waals surface area contributed by atoms with Crippen LogP contribution in [0.25, 0.3) is 0 Å². The summed E-state index contributed by atoms with van der Waals surface area (Å²) in [4.78, 5) is 91.2. The van der Waals surface area contributed by atoms with E-state index in [9.17, 15) is 33.6 Å². The molecule has 0 fully saturated rings. The number of unbranched alkanes of at least 4 members (excludes halogenated alkanes) is 1. The molecule has 0 aromatic heterocycles. The molecule has 2 aromatic rings. The number of nitrogens with two attached hydrogens (primary N) is 1. The largest absolute Gasteiger partial charge is 0.445 e. The summed E-state index contributed by atoms with van der Waals surface area (Å²) in [5.41, 5.74) is 7.09. The van der Waals surface area contributed by atoms with E-state index in [-0.39, 0.29) is 51.4 Å². The molecule has 0 radical (unpaired) electrons. The van der Waals surface area contributed by atoms with Crippen molar-refractivity contribution in [3.05, 3.63) is 84.4 Å². The summed E-state index contributed by atoms with van der Waals surface area (Å²) < 4.78 is 10.2. The third-order valence-corrected chi connectivity index (χ3v) is 8.94. The minimum absolute atomic E-state index is 0.00226. The predicted octanol–water partition coefficient (Wildman–Crippen LogP) is 4.30. The quantitative estimate of drug-likeness (QED) is 0.0554. The summed E-state index contributed by atoms with van der Waals surface area (Å²) in [5.74, 6) is -5.28. The zero-order valence-electron chi connectivity index (χ0n) is 32.3. The van der Waals surface area contributed by atoms with Gasteiger partial charge in [0.05, 0.1) is 12.1 Å². The standard InChI is InChI=1S/C41H57N5O9/c1-6-22-54-40(52)43-21-15-14-20-32(37(42)49)44-39(51)36(48)35(28(5)7-2)46-38(50)31(23-27(3)4)25-34(47)33(24-29-16-10-8-11-17-29)45-41(53)55-26-30-18-12-9-13-19-30/h6,8-13,16-19,27-28,31-33,35H,1,7,14-15,20-26H2,2-5H3,(H2,42,49)(H,43,52)(H,44,51)(H,45,53)(H,46,50). The SMILES string of the molecule is C=CCOC(=O)NCCCCC(NC(=O)C(=O)C(NC(=O)C(CC(=O)C(Cc1ccccc1)NC(=O)OCc1ccccc1)CC(C)C)C(C)CC)C(N)=O. The van der Waals surface area contributed by atoms with Gasteiger partial charge < -0.3 is 36.5 Å². The van der Waals surface area contributed by atoms with E-state index in [1.54, 1.807) is 26.0 Å². The smallest absolute Gasteiger partial charge is 0.408 e. The van der Waals surface area contributed by atoms with Gasteiger partial charge in [-0.1, -0.05) is 107 Å². The van der Waals surface area contributed by atoms with Crippen molar-refractivity contribution in [3.8, 4) is 0 Å². The highest BCUT2D eigenvalue weighted by Crippen LogP contribution is 2.20. The number of carbonyl (C=O) groups is 7. The van der Waals surface area contributed by atoms with Gasteiger partial charge in [-0.25, -0.2) is 9.59 Å². The molecule has 5 unspecified atom stereocenters. The second-order valence-electron chi connectivity index (χ2n) is 13.9. The molecule has 55 heavy (non-hydrogen) atoms. The molecule has 0 saturated carbocycles. The molecule has 5 amide bonds. The molecular weight excluding hydrogens is 706 g/mol. The van der Waals surface area contributed by atoms with Crippen LogP contribution in [0.2, 0.25) is 0 Å². The van der Waals surface area contributed by atoms with Gasteiger partial charge in [-0.15, -0.1) is 0 Å². The number of rotatable bonds is 25. The molecule has 2 aromatic carbocycles. The zero-order valence-corrected chi connectivity index (χ0v) is 32.3. The maximum absolute atomic E-state index is 13.9. The van der Waals surface area contributed by atoms with Crippen molar-refractivity contribution in [2.45, 2.75) is 97.4 Å². The van der Waals surface area contributed by atoms with Crippen molar-refractivity contribution >= 4 is 41.5 Å². The van der Waals surface area contributed by atoms with Gasteiger partial charge in [0.15, 0.2) is 5.78 Å². The third kappa shape index (κ3) is 17.4. The Morgan fingerprint density at radius 3 is 2.02 bits per heavy atom. The molecule has 0 aliphatic heterocycles. The van der Waals surface area contributed by atoms with Crippen LogP contribution in [-0.4, -0.2) is 72.8 Å². The first kappa shape index (κ1) is 45.6. The first-order valence-electron chi connectivity index (χ1n) is 18.7. The fraction of sp³-hybridized carbons (Fsp3) is 0.488. The number of carbonyl (C=O) groups excluding carboxylic acids is 7. The van der Waals surface area contributed by atoms with Gasteiger partial charge in [0.25, 0.3) is 5.91 Å². The number of hydrogen-bond acceptors (Lipinski definition) is 9. The number of primary amides is 1. The lowest BCUT2D eigenvalue weighted by atomic mass is 9.87. The molecule has 0 bridgehead atoms. The molecule has 0 aliphatic carbocycles. The van der Waals surface area contributed by atoms with E-state index < -0.39 is 71.4 Å². The minimum Gasteiger partial charge on any atom is -0.445 e. The highest BCUT2D eigenvalue weighted by atomic mass is 16.6. The lowest BCUT2D eigenvalue weighted by Crippen LogP contribution is -2.55. The summed E-state index contributed by atoms with van der Waals surface area (Å²) >= 11 is 0. The number of Topliss-reactive ketones (excluding diaryl/α,β-unsaturated/α-hetero) is 2. The Hall–Kier alpha value is -5.53. The molecule has 2 rings (SSSR count). The first-order chi connectivity index (χ1) is 26.2. The number of hydrogen-bond donors (Lipinski definition) is 5. The molecule has 300 valence electrons. The number of alkyl carbamates (subject to hydrolysis) is 2. The van der Waals surface area contributed by atoms with E-state index in [1.165, 1.54) is 6.08 Å². The highest BCUT2D eigenvalue weighted by Gasteiger charge is 2.36. The Morgan fingerprint density at radius 2 is 1.44 bits per heavy atom. The van der Waals surface area contributed by atoms with E-state index in [2.05, 4.69) is 27.8 Å². The van der Waals surface area contributed by atoms with Crippen LogP contribution in [0.3, 0.4) is 0 Å². The van der Waals surface area contributed by atoms with Gasteiger partial charge in [0.1, 0.15) is 19.3 Å². The first-order valence-corrected chi connectivity index (χ1v) is 18.7. The molecule has 14 heteroatoms. The van der Waals surface area contributed by atoms with Gasteiger partial charge in [-0.2, -0.15) is 0 Å². The van der Waals surface area contributed by atoms with E-state index in [1.807, 2.05) is 62.4 Å². The molecule has 6 N–H and O–H groups in total. The summed E-state index contributed by atoms with van der Waals surface area (Å²) in [6, 6.07) is 14.8.